The van der Waals surface area contributed by atoms with E-state index in [4.69, 9.17) is 10.5 Å². The van der Waals surface area contributed by atoms with E-state index >= 15 is 0 Å². The van der Waals surface area contributed by atoms with Gasteiger partial charge in [-0.15, -0.1) is 0 Å². The van der Waals surface area contributed by atoms with Crippen molar-refractivity contribution in [2.45, 2.75) is 25.8 Å². The van der Waals surface area contributed by atoms with Gasteiger partial charge in [-0.3, -0.25) is 4.79 Å². The molecule has 1 aromatic heterocycles. The third-order valence-corrected chi connectivity index (χ3v) is 5.64. The molecule has 4 rings (SSSR count). The highest BCUT2D eigenvalue weighted by Crippen LogP contribution is 2.36. The first-order valence-corrected chi connectivity index (χ1v) is 10.2. The van der Waals surface area contributed by atoms with Crippen LogP contribution < -0.4 is 10.5 Å². The lowest BCUT2D eigenvalue weighted by atomic mass is 9.87. The minimum Gasteiger partial charge on any atom is -0.497 e. The second-order valence-electron chi connectivity index (χ2n) is 7.83. The Morgan fingerprint density at radius 3 is 2.52 bits per heavy atom. The highest BCUT2D eigenvalue weighted by atomic mass is 19.1. The smallest absolute Gasteiger partial charge is 0.218 e. The average Bonchev–Trinajstić information content (AvgIpc) is 3.12. The quantitative estimate of drug-likeness (QED) is 0.453. The van der Waals surface area contributed by atoms with Crippen molar-refractivity contribution in [1.29, 1.82) is 0 Å². The number of rotatable bonds is 7. The normalized spacial score (nSPS) is 12.1. The molecular weight excluding hydrogens is 391 g/mol. The van der Waals surface area contributed by atoms with Gasteiger partial charge in [0.05, 0.1) is 7.11 Å². The fourth-order valence-corrected chi connectivity index (χ4v) is 4.13. The summed E-state index contributed by atoms with van der Waals surface area (Å²) in [5.74, 6) is -0.445. The number of carbonyl (C=O) groups is 1. The Labute approximate surface area is 181 Å². The number of nitrogens with two attached hydrogens (primary N) is 1. The van der Waals surface area contributed by atoms with Crippen molar-refractivity contribution in [1.82, 2.24) is 4.57 Å². The summed E-state index contributed by atoms with van der Waals surface area (Å²) >= 11 is 0. The van der Waals surface area contributed by atoms with Gasteiger partial charge in [-0.2, -0.15) is 0 Å². The SMILES string of the molecule is COc1ccc(Cn2cc(C(CC(N)=O)c3cc(C)ccc3F)c3ccccc32)cc1. The summed E-state index contributed by atoms with van der Waals surface area (Å²) in [6, 6.07) is 20.9. The van der Waals surface area contributed by atoms with Crippen molar-refractivity contribution in [3.63, 3.8) is 0 Å². The Balaban J connectivity index is 1.83. The maximum absolute atomic E-state index is 14.8. The van der Waals surface area contributed by atoms with E-state index in [-0.39, 0.29) is 12.2 Å². The summed E-state index contributed by atoms with van der Waals surface area (Å²) in [5.41, 5.74) is 10.0. The predicted molar refractivity (Wildman–Crippen MR) is 121 cm³/mol. The summed E-state index contributed by atoms with van der Waals surface area (Å²) in [5, 5.41) is 0.989. The van der Waals surface area contributed by atoms with Crippen molar-refractivity contribution in [2.24, 2.45) is 5.73 Å². The molecule has 31 heavy (non-hydrogen) atoms. The van der Waals surface area contributed by atoms with Gasteiger partial charge in [0.25, 0.3) is 0 Å². The fourth-order valence-electron chi connectivity index (χ4n) is 4.13. The van der Waals surface area contributed by atoms with Gasteiger partial charge in [-0.1, -0.05) is 48.0 Å². The molecule has 0 aliphatic heterocycles. The number of methoxy groups -OCH3 is 1. The standard InChI is InChI=1S/C26H25FN2O2/c1-17-7-12-24(27)22(13-17)21(14-26(28)30)23-16-29(25-6-4-3-5-20(23)25)15-18-8-10-19(31-2)11-9-18/h3-13,16,21H,14-15H2,1-2H3,(H2,28,30). The minimum absolute atomic E-state index is 0.0386. The summed E-state index contributed by atoms with van der Waals surface area (Å²) in [6.45, 7) is 2.56. The summed E-state index contributed by atoms with van der Waals surface area (Å²) in [6.07, 6.45) is 2.06. The number of amides is 1. The number of aromatic nitrogens is 1. The molecule has 2 N–H and O–H groups in total. The number of primary amides is 1. The van der Waals surface area contributed by atoms with Crippen molar-refractivity contribution in [3.8, 4) is 5.75 Å². The monoisotopic (exact) mass is 416 g/mol. The van der Waals surface area contributed by atoms with Gasteiger partial charge in [0, 0.05) is 36.0 Å². The number of aryl methyl sites for hydroxylation is 1. The molecule has 158 valence electrons. The number of carbonyl (C=O) groups excluding carboxylic acids is 1. The summed E-state index contributed by atoms with van der Waals surface area (Å²) in [7, 11) is 1.64. The third-order valence-electron chi connectivity index (χ3n) is 5.64. The summed E-state index contributed by atoms with van der Waals surface area (Å²) in [4.78, 5) is 11.9. The van der Waals surface area contributed by atoms with Crippen molar-refractivity contribution in [2.75, 3.05) is 7.11 Å². The fraction of sp³-hybridized carbons (Fsp3) is 0.192. The van der Waals surface area contributed by atoms with Gasteiger partial charge < -0.3 is 15.0 Å². The molecule has 1 heterocycles. The third kappa shape index (κ3) is 4.31. The molecule has 0 spiro atoms. The maximum Gasteiger partial charge on any atom is 0.218 e. The van der Waals surface area contributed by atoms with E-state index < -0.39 is 11.8 Å². The number of hydrogen-bond acceptors (Lipinski definition) is 2. The molecule has 0 radical (unpaired) electrons. The lowest BCUT2D eigenvalue weighted by molar-refractivity contribution is -0.118. The first-order valence-electron chi connectivity index (χ1n) is 10.2. The highest BCUT2D eigenvalue weighted by molar-refractivity contribution is 5.86. The van der Waals surface area contributed by atoms with Crippen LogP contribution >= 0.6 is 0 Å². The number of nitrogens with zero attached hydrogens (tertiary/aromatic N) is 1. The van der Waals surface area contributed by atoms with Gasteiger partial charge in [-0.25, -0.2) is 4.39 Å². The molecule has 4 nitrogen and oxygen atoms in total. The second kappa shape index (κ2) is 8.64. The van der Waals surface area contributed by atoms with E-state index in [1.54, 1.807) is 19.2 Å². The number of benzene rings is 3. The van der Waals surface area contributed by atoms with Crippen LogP contribution in [-0.4, -0.2) is 17.6 Å². The van der Waals surface area contributed by atoms with Crippen LogP contribution in [0, 0.1) is 12.7 Å². The molecule has 1 atom stereocenters. The largest absolute Gasteiger partial charge is 0.497 e. The average molecular weight is 416 g/mol. The van der Waals surface area contributed by atoms with E-state index in [9.17, 15) is 9.18 Å². The maximum atomic E-state index is 14.8. The molecule has 0 saturated carbocycles. The molecule has 1 amide bonds. The Kier molecular flexibility index (Phi) is 5.76. The zero-order valence-corrected chi connectivity index (χ0v) is 17.6. The molecule has 0 bridgehead atoms. The molecule has 0 fully saturated rings. The summed E-state index contributed by atoms with van der Waals surface area (Å²) < 4.78 is 22.2. The van der Waals surface area contributed by atoms with Gasteiger partial charge in [0.1, 0.15) is 11.6 Å². The zero-order chi connectivity index (χ0) is 22.0. The van der Waals surface area contributed by atoms with Gasteiger partial charge >= 0.3 is 0 Å². The molecule has 1 unspecified atom stereocenters. The van der Waals surface area contributed by atoms with Crippen LogP contribution in [0.15, 0.2) is 72.9 Å². The Bertz CT molecular complexity index is 1230. The molecule has 0 aliphatic carbocycles. The predicted octanol–water partition coefficient (Wildman–Crippen LogP) is 5.15. The second-order valence-corrected chi connectivity index (χ2v) is 7.83. The molecule has 4 aromatic rings. The van der Waals surface area contributed by atoms with Gasteiger partial charge in [-0.05, 0) is 47.9 Å². The molecular formula is C26H25FN2O2. The van der Waals surface area contributed by atoms with Crippen LogP contribution in [0.2, 0.25) is 0 Å². The van der Waals surface area contributed by atoms with E-state index in [2.05, 4.69) is 4.57 Å². The van der Waals surface area contributed by atoms with Crippen LogP contribution in [-0.2, 0) is 11.3 Å². The Morgan fingerprint density at radius 2 is 1.81 bits per heavy atom. The first kappa shape index (κ1) is 20.7. The van der Waals surface area contributed by atoms with E-state index in [0.29, 0.717) is 12.1 Å². The van der Waals surface area contributed by atoms with Crippen LogP contribution in [0.1, 0.15) is 34.6 Å². The van der Waals surface area contributed by atoms with Crippen LogP contribution in [0.5, 0.6) is 5.75 Å². The van der Waals surface area contributed by atoms with E-state index in [0.717, 1.165) is 33.3 Å². The number of halogens is 1. The van der Waals surface area contributed by atoms with Crippen molar-refractivity contribution in [3.05, 3.63) is 101 Å². The van der Waals surface area contributed by atoms with Crippen molar-refractivity contribution < 1.29 is 13.9 Å². The Morgan fingerprint density at radius 1 is 1.06 bits per heavy atom. The molecule has 3 aromatic carbocycles. The first-order chi connectivity index (χ1) is 15.0. The number of para-hydroxylation sites is 1. The minimum atomic E-state index is -0.460. The zero-order valence-electron chi connectivity index (χ0n) is 17.6. The van der Waals surface area contributed by atoms with Crippen LogP contribution in [0.3, 0.4) is 0 Å². The molecule has 0 saturated heterocycles. The lowest BCUT2D eigenvalue weighted by Crippen LogP contribution is -2.17. The van der Waals surface area contributed by atoms with Crippen LogP contribution in [0.4, 0.5) is 4.39 Å². The lowest BCUT2D eigenvalue weighted by Gasteiger charge is -2.17. The Hall–Kier alpha value is -3.60. The number of ether oxygens (including phenoxy) is 1. The van der Waals surface area contributed by atoms with Crippen molar-refractivity contribution >= 4 is 16.8 Å². The molecule has 0 aliphatic rings. The van der Waals surface area contributed by atoms with E-state index in [1.807, 2.05) is 61.7 Å². The van der Waals surface area contributed by atoms with Crippen LogP contribution in [0.25, 0.3) is 10.9 Å². The van der Waals surface area contributed by atoms with E-state index in [1.165, 1.54) is 6.07 Å². The van der Waals surface area contributed by atoms with Gasteiger partial charge in [0.15, 0.2) is 0 Å². The number of fused-ring (bicyclic) bond motifs is 1. The molecule has 5 heteroatoms. The highest BCUT2D eigenvalue weighted by Gasteiger charge is 2.24. The number of hydrogen-bond donors (Lipinski definition) is 1. The topological polar surface area (TPSA) is 57.2 Å². The van der Waals surface area contributed by atoms with Gasteiger partial charge in [0.2, 0.25) is 5.91 Å².